The summed E-state index contributed by atoms with van der Waals surface area (Å²) in [6.45, 7) is 4.32. The van der Waals surface area contributed by atoms with E-state index in [2.05, 4.69) is 22.4 Å². The largest absolute Gasteiger partial charge is 0.389 e. The Kier molecular flexibility index (Phi) is 4.97. The van der Waals surface area contributed by atoms with Gasteiger partial charge in [0, 0.05) is 16.1 Å². The average Bonchev–Trinajstić information content (AvgIpc) is 2.82. The molecule has 0 unspecified atom stereocenters. The first-order chi connectivity index (χ1) is 9.61. The standard InChI is InChI=1S/C13H16N4OS2/c1-3-20-10-6-4-5-9(12(10)13(14)19)15-7-11-16-8(2)17-18-11/h4-6,15H,3,7H2,1-2H3,(H2,14,19). The molecule has 106 valence electrons. The minimum atomic E-state index is 0.380. The number of thiocarbonyl (C=S) groups is 1. The highest BCUT2D eigenvalue weighted by atomic mass is 32.2. The Balaban J connectivity index is 2.22. The van der Waals surface area contributed by atoms with Gasteiger partial charge in [-0.3, -0.25) is 0 Å². The number of hydrogen-bond acceptors (Lipinski definition) is 6. The molecule has 0 bridgehead atoms. The van der Waals surface area contributed by atoms with Crippen LogP contribution in [-0.4, -0.2) is 20.9 Å². The predicted octanol–water partition coefficient (Wildman–Crippen LogP) is 2.74. The van der Waals surface area contributed by atoms with Crippen molar-refractivity contribution in [3.05, 3.63) is 35.5 Å². The Labute approximate surface area is 127 Å². The van der Waals surface area contributed by atoms with E-state index in [4.69, 9.17) is 22.5 Å². The molecular weight excluding hydrogens is 292 g/mol. The van der Waals surface area contributed by atoms with Gasteiger partial charge in [0.05, 0.1) is 6.54 Å². The Bertz CT molecular complexity index is 612. The van der Waals surface area contributed by atoms with Crippen LogP contribution in [0.1, 0.15) is 24.2 Å². The molecule has 1 aromatic heterocycles. The summed E-state index contributed by atoms with van der Waals surface area (Å²) < 4.78 is 5.07. The number of nitrogens with zero attached hydrogens (tertiary/aromatic N) is 2. The van der Waals surface area contributed by atoms with Crippen molar-refractivity contribution < 1.29 is 4.52 Å². The summed E-state index contributed by atoms with van der Waals surface area (Å²) in [6, 6.07) is 5.93. The highest BCUT2D eigenvalue weighted by Gasteiger charge is 2.12. The molecular formula is C13H16N4OS2. The highest BCUT2D eigenvalue weighted by molar-refractivity contribution is 7.99. The predicted molar refractivity (Wildman–Crippen MR) is 85.1 cm³/mol. The fourth-order valence-electron chi connectivity index (χ4n) is 1.79. The zero-order chi connectivity index (χ0) is 14.5. The summed E-state index contributed by atoms with van der Waals surface area (Å²) in [4.78, 5) is 5.61. The quantitative estimate of drug-likeness (QED) is 0.627. The minimum absolute atomic E-state index is 0.380. The van der Waals surface area contributed by atoms with Crippen LogP contribution >= 0.6 is 24.0 Å². The van der Waals surface area contributed by atoms with Gasteiger partial charge in [0.25, 0.3) is 0 Å². The smallest absolute Gasteiger partial charge is 0.245 e. The SMILES string of the molecule is CCSc1cccc(NCc2nc(C)no2)c1C(N)=S. The number of hydrogen-bond donors (Lipinski definition) is 2. The topological polar surface area (TPSA) is 77.0 Å². The third kappa shape index (κ3) is 3.49. The van der Waals surface area contributed by atoms with E-state index in [-0.39, 0.29) is 0 Å². The lowest BCUT2D eigenvalue weighted by Gasteiger charge is -2.13. The number of nitrogens with two attached hydrogens (primary N) is 1. The summed E-state index contributed by atoms with van der Waals surface area (Å²) in [7, 11) is 0. The summed E-state index contributed by atoms with van der Waals surface area (Å²) in [6.07, 6.45) is 0. The molecule has 3 N–H and O–H groups in total. The minimum Gasteiger partial charge on any atom is -0.389 e. The van der Waals surface area contributed by atoms with E-state index in [1.54, 1.807) is 18.7 Å². The number of anilines is 1. The van der Waals surface area contributed by atoms with Crippen molar-refractivity contribution in [1.82, 2.24) is 10.1 Å². The van der Waals surface area contributed by atoms with E-state index in [0.717, 1.165) is 21.9 Å². The lowest BCUT2D eigenvalue weighted by Crippen LogP contribution is -2.14. The van der Waals surface area contributed by atoms with E-state index in [0.29, 0.717) is 23.2 Å². The molecule has 0 saturated carbocycles. The first-order valence-corrected chi connectivity index (χ1v) is 7.60. The van der Waals surface area contributed by atoms with Gasteiger partial charge in [0.2, 0.25) is 5.89 Å². The zero-order valence-corrected chi connectivity index (χ0v) is 13.0. The van der Waals surface area contributed by atoms with E-state index in [1.165, 1.54) is 0 Å². The molecule has 0 aliphatic carbocycles. The van der Waals surface area contributed by atoms with Crippen molar-refractivity contribution in [2.24, 2.45) is 5.73 Å². The fourth-order valence-corrected chi connectivity index (χ4v) is 2.93. The van der Waals surface area contributed by atoms with Gasteiger partial charge >= 0.3 is 0 Å². The molecule has 2 rings (SSSR count). The van der Waals surface area contributed by atoms with Crippen molar-refractivity contribution in [3.63, 3.8) is 0 Å². The molecule has 0 spiro atoms. The molecule has 0 aliphatic rings. The zero-order valence-electron chi connectivity index (χ0n) is 11.3. The Morgan fingerprint density at radius 1 is 1.50 bits per heavy atom. The van der Waals surface area contributed by atoms with Gasteiger partial charge in [-0.05, 0) is 24.8 Å². The van der Waals surface area contributed by atoms with Gasteiger partial charge < -0.3 is 15.6 Å². The second-order valence-corrected chi connectivity index (χ2v) is 5.81. The number of nitrogens with one attached hydrogen (secondary N) is 1. The van der Waals surface area contributed by atoms with E-state index < -0.39 is 0 Å². The van der Waals surface area contributed by atoms with E-state index >= 15 is 0 Å². The average molecular weight is 308 g/mol. The highest BCUT2D eigenvalue weighted by Crippen LogP contribution is 2.28. The van der Waals surface area contributed by atoms with Crippen LogP contribution in [0.25, 0.3) is 0 Å². The van der Waals surface area contributed by atoms with Crippen LogP contribution in [-0.2, 0) is 6.54 Å². The van der Waals surface area contributed by atoms with Crippen molar-refractivity contribution in [1.29, 1.82) is 0 Å². The molecule has 20 heavy (non-hydrogen) atoms. The molecule has 0 saturated heterocycles. The molecule has 1 aromatic carbocycles. The normalized spacial score (nSPS) is 10.5. The summed E-state index contributed by atoms with van der Waals surface area (Å²) >= 11 is 6.87. The molecule has 5 nitrogen and oxygen atoms in total. The lowest BCUT2D eigenvalue weighted by molar-refractivity contribution is 0.379. The maximum absolute atomic E-state index is 5.85. The Morgan fingerprint density at radius 2 is 2.30 bits per heavy atom. The van der Waals surface area contributed by atoms with Gasteiger partial charge in [-0.15, -0.1) is 11.8 Å². The second-order valence-electron chi connectivity index (χ2n) is 4.06. The first-order valence-electron chi connectivity index (χ1n) is 6.20. The van der Waals surface area contributed by atoms with Crippen molar-refractivity contribution >= 4 is 34.7 Å². The maximum Gasteiger partial charge on any atom is 0.245 e. The number of aromatic nitrogens is 2. The van der Waals surface area contributed by atoms with Crippen LogP contribution < -0.4 is 11.1 Å². The first kappa shape index (κ1) is 14.8. The summed E-state index contributed by atoms with van der Waals surface area (Å²) in [5.74, 6) is 2.11. The van der Waals surface area contributed by atoms with E-state index in [9.17, 15) is 0 Å². The van der Waals surface area contributed by atoms with Crippen LogP contribution in [0.5, 0.6) is 0 Å². The second kappa shape index (κ2) is 6.71. The van der Waals surface area contributed by atoms with Gasteiger partial charge in [0.1, 0.15) is 4.99 Å². The molecule has 0 aliphatic heterocycles. The third-order valence-electron chi connectivity index (χ3n) is 2.57. The molecule has 0 radical (unpaired) electrons. The molecule has 1 heterocycles. The van der Waals surface area contributed by atoms with Gasteiger partial charge in [-0.2, -0.15) is 4.98 Å². The number of rotatable bonds is 6. The molecule has 0 fully saturated rings. The fraction of sp³-hybridized carbons (Fsp3) is 0.308. The van der Waals surface area contributed by atoms with Crippen LogP contribution in [0.2, 0.25) is 0 Å². The van der Waals surface area contributed by atoms with Crippen LogP contribution in [0.15, 0.2) is 27.6 Å². The van der Waals surface area contributed by atoms with Crippen LogP contribution in [0.4, 0.5) is 5.69 Å². The Morgan fingerprint density at radius 3 is 2.90 bits per heavy atom. The van der Waals surface area contributed by atoms with Gasteiger partial charge in [0.15, 0.2) is 5.82 Å². The van der Waals surface area contributed by atoms with Crippen molar-refractivity contribution in [2.75, 3.05) is 11.1 Å². The van der Waals surface area contributed by atoms with Crippen molar-refractivity contribution in [3.8, 4) is 0 Å². The van der Waals surface area contributed by atoms with Crippen LogP contribution in [0, 0.1) is 6.92 Å². The lowest BCUT2D eigenvalue weighted by atomic mass is 10.1. The van der Waals surface area contributed by atoms with E-state index in [1.807, 2.05) is 18.2 Å². The van der Waals surface area contributed by atoms with Crippen LogP contribution in [0.3, 0.4) is 0 Å². The molecule has 2 aromatic rings. The molecule has 0 atom stereocenters. The molecule has 7 heteroatoms. The third-order valence-corrected chi connectivity index (χ3v) is 3.72. The van der Waals surface area contributed by atoms with Crippen molar-refractivity contribution in [2.45, 2.75) is 25.3 Å². The Hall–Kier alpha value is -1.60. The van der Waals surface area contributed by atoms with Gasteiger partial charge in [-0.1, -0.05) is 30.4 Å². The van der Waals surface area contributed by atoms with Gasteiger partial charge in [-0.25, -0.2) is 0 Å². The summed E-state index contributed by atoms with van der Waals surface area (Å²) in [5, 5.41) is 7.00. The number of aryl methyl sites for hydroxylation is 1. The maximum atomic E-state index is 5.85. The summed E-state index contributed by atoms with van der Waals surface area (Å²) in [5.41, 5.74) is 7.59. The number of thioether (sulfide) groups is 1. The number of benzene rings is 1. The monoisotopic (exact) mass is 308 g/mol. The molecule has 0 amide bonds.